The van der Waals surface area contributed by atoms with Crippen molar-refractivity contribution in [3.8, 4) is 0 Å². The van der Waals surface area contributed by atoms with E-state index in [0.717, 1.165) is 45.4 Å². The summed E-state index contributed by atoms with van der Waals surface area (Å²) in [6.45, 7) is 4.45. The van der Waals surface area contributed by atoms with Crippen LogP contribution in [0.4, 0.5) is 0 Å². The molecule has 17 heavy (non-hydrogen) atoms. The van der Waals surface area contributed by atoms with Crippen LogP contribution < -0.4 is 5.32 Å². The first kappa shape index (κ1) is 13.3. The van der Waals surface area contributed by atoms with Crippen molar-refractivity contribution in [1.82, 2.24) is 10.2 Å². The van der Waals surface area contributed by atoms with E-state index in [1.807, 2.05) is 0 Å². The predicted octanol–water partition coefficient (Wildman–Crippen LogP) is 0.602. The van der Waals surface area contributed by atoms with Gasteiger partial charge in [0.05, 0.1) is 18.2 Å². The molecule has 0 bridgehead atoms. The Morgan fingerprint density at radius 2 is 2.18 bits per heavy atom. The van der Waals surface area contributed by atoms with Crippen LogP contribution in [0.3, 0.4) is 0 Å². The highest BCUT2D eigenvalue weighted by atomic mass is 16.5. The first-order valence-electron chi connectivity index (χ1n) is 6.93. The molecule has 1 aliphatic heterocycles. The third kappa shape index (κ3) is 2.65. The van der Waals surface area contributed by atoms with Crippen LogP contribution in [0.2, 0.25) is 0 Å². The van der Waals surface area contributed by atoms with Crippen LogP contribution in [0.15, 0.2) is 0 Å². The van der Waals surface area contributed by atoms with Crippen LogP contribution in [0, 0.1) is 0 Å². The zero-order valence-electron chi connectivity index (χ0n) is 11.0. The molecule has 0 amide bonds. The Labute approximate surface area is 104 Å². The molecule has 1 aliphatic carbocycles. The van der Waals surface area contributed by atoms with Crippen LogP contribution in [0.25, 0.3) is 0 Å². The molecule has 1 heterocycles. The van der Waals surface area contributed by atoms with Crippen molar-refractivity contribution in [2.24, 2.45) is 0 Å². The lowest BCUT2D eigenvalue weighted by Crippen LogP contribution is -2.62. The van der Waals surface area contributed by atoms with Crippen molar-refractivity contribution in [3.63, 3.8) is 0 Å². The van der Waals surface area contributed by atoms with Crippen molar-refractivity contribution >= 4 is 0 Å². The molecular formula is C13H26N2O2. The summed E-state index contributed by atoms with van der Waals surface area (Å²) in [4.78, 5) is 2.47. The quantitative estimate of drug-likeness (QED) is 0.761. The number of rotatable bonds is 3. The number of hydrogen-bond acceptors (Lipinski definition) is 4. The van der Waals surface area contributed by atoms with E-state index >= 15 is 0 Å². The second kappa shape index (κ2) is 6.14. The Balaban J connectivity index is 2.14. The van der Waals surface area contributed by atoms with Crippen molar-refractivity contribution in [2.45, 2.75) is 43.7 Å². The molecule has 100 valence electrons. The standard InChI is InChI=1S/C13H26N2O2/c1-17-12-5-2-3-6-13(12,11-16)15-9-4-7-14-8-10-15/h12,14,16H,2-11H2,1H3. The van der Waals surface area contributed by atoms with Crippen LogP contribution in [-0.4, -0.2) is 61.5 Å². The number of nitrogens with zero attached hydrogens (tertiary/aromatic N) is 1. The lowest BCUT2D eigenvalue weighted by Gasteiger charge is -2.49. The summed E-state index contributed by atoms with van der Waals surface area (Å²) in [5.41, 5.74) is -0.126. The third-order valence-electron chi connectivity index (χ3n) is 4.45. The van der Waals surface area contributed by atoms with E-state index in [2.05, 4.69) is 10.2 Å². The molecule has 1 saturated heterocycles. The molecular weight excluding hydrogens is 216 g/mol. The fourth-order valence-corrected chi connectivity index (χ4v) is 3.46. The Morgan fingerprint density at radius 1 is 1.29 bits per heavy atom. The van der Waals surface area contributed by atoms with Gasteiger partial charge in [0.1, 0.15) is 0 Å². The monoisotopic (exact) mass is 242 g/mol. The number of hydrogen-bond donors (Lipinski definition) is 2. The molecule has 4 heteroatoms. The number of aliphatic hydroxyl groups is 1. The minimum atomic E-state index is -0.126. The molecule has 1 saturated carbocycles. The van der Waals surface area contributed by atoms with Crippen molar-refractivity contribution in [3.05, 3.63) is 0 Å². The molecule has 2 aliphatic rings. The largest absolute Gasteiger partial charge is 0.394 e. The topological polar surface area (TPSA) is 44.7 Å². The van der Waals surface area contributed by atoms with Gasteiger partial charge in [-0.15, -0.1) is 0 Å². The average molecular weight is 242 g/mol. The highest BCUT2D eigenvalue weighted by molar-refractivity contribution is 5.00. The summed E-state index contributed by atoms with van der Waals surface area (Å²) in [6, 6.07) is 0. The van der Waals surface area contributed by atoms with Gasteiger partial charge in [-0.05, 0) is 25.8 Å². The molecule has 4 nitrogen and oxygen atoms in total. The summed E-state index contributed by atoms with van der Waals surface area (Å²) in [7, 11) is 1.79. The van der Waals surface area contributed by atoms with Gasteiger partial charge in [-0.2, -0.15) is 0 Å². The van der Waals surface area contributed by atoms with Crippen LogP contribution in [0.5, 0.6) is 0 Å². The fourth-order valence-electron chi connectivity index (χ4n) is 3.46. The Morgan fingerprint density at radius 3 is 2.94 bits per heavy atom. The van der Waals surface area contributed by atoms with Gasteiger partial charge in [0, 0.05) is 26.7 Å². The van der Waals surface area contributed by atoms with E-state index in [4.69, 9.17) is 4.74 Å². The molecule has 2 unspecified atom stereocenters. The van der Waals surface area contributed by atoms with E-state index in [1.165, 1.54) is 12.8 Å². The SMILES string of the molecule is COC1CCCCC1(CO)N1CCCNCC1. The smallest absolute Gasteiger partial charge is 0.0777 e. The van der Waals surface area contributed by atoms with Gasteiger partial charge in [0.25, 0.3) is 0 Å². The van der Waals surface area contributed by atoms with E-state index in [-0.39, 0.29) is 18.2 Å². The van der Waals surface area contributed by atoms with Crippen LogP contribution in [0.1, 0.15) is 32.1 Å². The molecule has 0 aromatic heterocycles. The average Bonchev–Trinajstić information content (AvgIpc) is 2.67. The molecule has 2 N–H and O–H groups in total. The third-order valence-corrected chi connectivity index (χ3v) is 4.45. The number of methoxy groups -OCH3 is 1. The van der Waals surface area contributed by atoms with Gasteiger partial charge in [-0.25, -0.2) is 0 Å². The summed E-state index contributed by atoms with van der Waals surface area (Å²) in [5.74, 6) is 0. The molecule has 2 atom stereocenters. The van der Waals surface area contributed by atoms with Crippen LogP contribution >= 0.6 is 0 Å². The lowest BCUT2D eigenvalue weighted by molar-refractivity contribution is -0.102. The van der Waals surface area contributed by atoms with Crippen LogP contribution in [-0.2, 0) is 4.74 Å². The van der Waals surface area contributed by atoms with Gasteiger partial charge in [-0.3, -0.25) is 4.90 Å². The molecule has 2 fully saturated rings. The van der Waals surface area contributed by atoms with Gasteiger partial charge >= 0.3 is 0 Å². The summed E-state index contributed by atoms with van der Waals surface area (Å²) < 4.78 is 5.67. The summed E-state index contributed by atoms with van der Waals surface area (Å²) >= 11 is 0. The Kier molecular flexibility index (Phi) is 4.79. The second-order valence-corrected chi connectivity index (χ2v) is 5.32. The number of aliphatic hydroxyl groups excluding tert-OH is 1. The second-order valence-electron chi connectivity index (χ2n) is 5.32. The Bertz CT molecular complexity index is 229. The van der Waals surface area contributed by atoms with Gasteiger partial charge < -0.3 is 15.2 Å². The highest BCUT2D eigenvalue weighted by Gasteiger charge is 2.45. The summed E-state index contributed by atoms with van der Waals surface area (Å²) in [6.07, 6.45) is 5.96. The van der Waals surface area contributed by atoms with Crippen molar-refractivity contribution < 1.29 is 9.84 Å². The van der Waals surface area contributed by atoms with Gasteiger partial charge in [-0.1, -0.05) is 12.8 Å². The fraction of sp³-hybridized carbons (Fsp3) is 1.00. The van der Waals surface area contributed by atoms with E-state index in [1.54, 1.807) is 7.11 Å². The minimum Gasteiger partial charge on any atom is -0.394 e. The minimum absolute atomic E-state index is 0.126. The summed E-state index contributed by atoms with van der Waals surface area (Å²) in [5, 5.41) is 13.4. The van der Waals surface area contributed by atoms with Gasteiger partial charge in [0.15, 0.2) is 0 Å². The molecule has 2 rings (SSSR count). The van der Waals surface area contributed by atoms with E-state index < -0.39 is 0 Å². The van der Waals surface area contributed by atoms with E-state index in [9.17, 15) is 5.11 Å². The van der Waals surface area contributed by atoms with Crippen molar-refractivity contribution in [1.29, 1.82) is 0 Å². The maximum absolute atomic E-state index is 9.95. The van der Waals surface area contributed by atoms with Gasteiger partial charge in [0.2, 0.25) is 0 Å². The zero-order valence-corrected chi connectivity index (χ0v) is 11.0. The van der Waals surface area contributed by atoms with Crippen molar-refractivity contribution in [2.75, 3.05) is 39.9 Å². The molecule has 0 aromatic rings. The zero-order chi connectivity index (χ0) is 12.1. The normalized spacial score (nSPS) is 36.7. The molecule has 0 aromatic carbocycles. The lowest BCUT2D eigenvalue weighted by atomic mass is 9.78. The molecule has 0 radical (unpaired) electrons. The maximum atomic E-state index is 9.95. The predicted molar refractivity (Wildman–Crippen MR) is 68.1 cm³/mol. The highest BCUT2D eigenvalue weighted by Crippen LogP contribution is 2.35. The molecule has 0 spiro atoms. The Hall–Kier alpha value is -0.160. The number of nitrogens with one attached hydrogen (secondary N) is 1. The first-order chi connectivity index (χ1) is 8.33. The number of ether oxygens (including phenoxy) is 1. The van der Waals surface area contributed by atoms with E-state index in [0.29, 0.717) is 0 Å². The first-order valence-corrected chi connectivity index (χ1v) is 6.93. The maximum Gasteiger partial charge on any atom is 0.0777 e.